The summed E-state index contributed by atoms with van der Waals surface area (Å²) < 4.78 is 5.92. The second-order valence-corrected chi connectivity index (χ2v) is 6.64. The van der Waals surface area contributed by atoms with Crippen molar-refractivity contribution in [2.24, 2.45) is 0 Å². The Balaban J connectivity index is 0.00000208. The molecule has 0 amide bonds. The van der Waals surface area contributed by atoms with Gasteiger partial charge in [-0.3, -0.25) is 0 Å². The van der Waals surface area contributed by atoms with Crippen LogP contribution in [0.1, 0.15) is 19.8 Å². The van der Waals surface area contributed by atoms with Crippen LogP contribution in [0.25, 0.3) is 22.4 Å². The van der Waals surface area contributed by atoms with E-state index in [0.29, 0.717) is 0 Å². The van der Waals surface area contributed by atoms with Gasteiger partial charge in [0, 0.05) is 4.47 Å². The normalized spacial score (nSPS) is 10.6. The molecule has 0 N–H and O–H groups in total. The number of benzene rings is 2. The van der Waals surface area contributed by atoms with Gasteiger partial charge >= 0.3 is 0 Å². The number of halogens is 2. The predicted molar refractivity (Wildman–Crippen MR) is 100 cm³/mol. The van der Waals surface area contributed by atoms with Crippen molar-refractivity contribution in [1.29, 1.82) is 0 Å². The van der Waals surface area contributed by atoms with Gasteiger partial charge in [0.25, 0.3) is 5.82 Å². The summed E-state index contributed by atoms with van der Waals surface area (Å²) >= 11 is 3.53. The van der Waals surface area contributed by atoms with Gasteiger partial charge in [-0.15, -0.1) is 0 Å². The molecule has 0 atom stereocenters. The van der Waals surface area contributed by atoms with Gasteiger partial charge in [-0.05, 0) is 42.8 Å². The lowest BCUT2D eigenvalue weighted by atomic mass is 10.2. The Morgan fingerprint density at radius 3 is 2.50 bits per heavy atom. The minimum Gasteiger partial charge on any atom is -1.00 e. The molecule has 0 saturated carbocycles. The van der Waals surface area contributed by atoms with Gasteiger partial charge in [-0.25, -0.2) is 9.13 Å². The van der Waals surface area contributed by atoms with Gasteiger partial charge in [0.1, 0.15) is 6.54 Å². The number of aryl methyl sites for hydroxylation is 1. The van der Waals surface area contributed by atoms with Gasteiger partial charge in [0.15, 0.2) is 11.0 Å². The van der Waals surface area contributed by atoms with E-state index in [1.165, 1.54) is 35.3 Å². The van der Waals surface area contributed by atoms with E-state index in [4.69, 9.17) is 0 Å². The molecule has 0 fully saturated rings. The Labute approximate surface area is 162 Å². The molecule has 0 saturated heterocycles. The SMILES string of the molecule is C=CCn1c(-c2ccc(Br)cc2)[n+](CCCC)c2ccccc21.[Br-]. The minimum atomic E-state index is 0. The first-order chi connectivity index (χ1) is 11.3. The molecule has 2 aromatic carbocycles. The van der Waals surface area contributed by atoms with E-state index in [2.05, 4.69) is 87.1 Å². The second kappa shape index (κ2) is 8.63. The van der Waals surface area contributed by atoms with Crippen molar-refractivity contribution in [3.63, 3.8) is 0 Å². The zero-order chi connectivity index (χ0) is 16.2. The zero-order valence-corrected chi connectivity index (χ0v) is 17.1. The Morgan fingerprint density at radius 1 is 1.12 bits per heavy atom. The molecule has 24 heavy (non-hydrogen) atoms. The van der Waals surface area contributed by atoms with Crippen LogP contribution >= 0.6 is 15.9 Å². The van der Waals surface area contributed by atoms with Crippen molar-refractivity contribution in [2.45, 2.75) is 32.9 Å². The molecule has 3 rings (SSSR count). The second-order valence-electron chi connectivity index (χ2n) is 5.72. The van der Waals surface area contributed by atoms with E-state index in [1.807, 2.05) is 6.08 Å². The third-order valence-corrected chi connectivity index (χ3v) is 4.65. The van der Waals surface area contributed by atoms with Crippen molar-refractivity contribution < 1.29 is 21.5 Å². The molecule has 0 aliphatic carbocycles. The summed E-state index contributed by atoms with van der Waals surface area (Å²) in [4.78, 5) is 0. The number of fused-ring (bicyclic) bond motifs is 1. The maximum Gasteiger partial charge on any atom is 0.290 e. The number of hydrogen-bond acceptors (Lipinski definition) is 0. The first kappa shape index (κ1) is 18.9. The molecule has 2 nitrogen and oxygen atoms in total. The van der Waals surface area contributed by atoms with Gasteiger partial charge in [0.05, 0.1) is 12.1 Å². The third kappa shape index (κ3) is 3.65. The van der Waals surface area contributed by atoms with Crippen LogP contribution in [0.2, 0.25) is 0 Å². The lowest BCUT2D eigenvalue weighted by Gasteiger charge is -2.05. The summed E-state index contributed by atoms with van der Waals surface area (Å²) in [6, 6.07) is 17.2. The summed E-state index contributed by atoms with van der Waals surface area (Å²) in [6.07, 6.45) is 4.34. The molecule has 1 aromatic heterocycles. The van der Waals surface area contributed by atoms with Crippen LogP contribution in [-0.2, 0) is 13.1 Å². The highest BCUT2D eigenvalue weighted by Crippen LogP contribution is 2.25. The smallest absolute Gasteiger partial charge is 0.290 e. The number of unbranched alkanes of at least 4 members (excludes halogenated alkanes) is 1. The van der Waals surface area contributed by atoms with Crippen LogP contribution in [0.4, 0.5) is 0 Å². The van der Waals surface area contributed by atoms with E-state index in [1.54, 1.807) is 0 Å². The predicted octanol–water partition coefficient (Wildman–Crippen LogP) is 2.35. The van der Waals surface area contributed by atoms with Gasteiger partial charge < -0.3 is 17.0 Å². The fraction of sp³-hybridized carbons (Fsp3) is 0.250. The molecular formula is C20H22Br2N2. The highest BCUT2D eigenvalue weighted by atomic mass is 79.9. The average molecular weight is 450 g/mol. The van der Waals surface area contributed by atoms with E-state index >= 15 is 0 Å². The van der Waals surface area contributed by atoms with Crippen LogP contribution < -0.4 is 21.5 Å². The number of aromatic nitrogens is 2. The topological polar surface area (TPSA) is 8.81 Å². The summed E-state index contributed by atoms with van der Waals surface area (Å²) in [5, 5.41) is 0. The average Bonchev–Trinajstić information content (AvgIpc) is 2.88. The Hall–Kier alpha value is -1.39. The van der Waals surface area contributed by atoms with E-state index in [0.717, 1.165) is 17.6 Å². The van der Waals surface area contributed by atoms with Gasteiger partial charge in [-0.1, -0.05) is 54.1 Å². The summed E-state index contributed by atoms with van der Waals surface area (Å²) in [7, 11) is 0. The van der Waals surface area contributed by atoms with Crippen LogP contribution in [0.5, 0.6) is 0 Å². The van der Waals surface area contributed by atoms with E-state index < -0.39 is 0 Å². The lowest BCUT2D eigenvalue weighted by molar-refractivity contribution is -0.661. The van der Waals surface area contributed by atoms with E-state index in [9.17, 15) is 0 Å². The maximum absolute atomic E-state index is 3.95. The molecule has 1 heterocycles. The fourth-order valence-corrected chi connectivity index (χ4v) is 3.33. The van der Waals surface area contributed by atoms with E-state index in [-0.39, 0.29) is 17.0 Å². The van der Waals surface area contributed by atoms with Crippen LogP contribution in [0, 0.1) is 0 Å². The first-order valence-electron chi connectivity index (χ1n) is 8.14. The monoisotopic (exact) mass is 448 g/mol. The molecule has 0 unspecified atom stereocenters. The molecule has 0 aliphatic rings. The van der Waals surface area contributed by atoms with Crippen molar-refractivity contribution >= 4 is 27.0 Å². The maximum atomic E-state index is 3.95. The summed E-state index contributed by atoms with van der Waals surface area (Å²) in [5.41, 5.74) is 3.80. The molecule has 0 aliphatic heterocycles. The van der Waals surface area contributed by atoms with Crippen LogP contribution in [0.3, 0.4) is 0 Å². The summed E-state index contributed by atoms with van der Waals surface area (Å²) in [6.45, 7) is 8.03. The fourth-order valence-electron chi connectivity index (χ4n) is 3.06. The molecule has 0 radical (unpaired) electrons. The van der Waals surface area contributed by atoms with Crippen molar-refractivity contribution in [3.05, 3.63) is 65.7 Å². The van der Waals surface area contributed by atoms with Crippen molar-refractivity contribution in [3.8, 4) is 11.4 Å². The quantitative estimate of drug-likeness (QED) is 0.403. The van der Waals surface area contributed by atoms with Gasteiger partial charge in [0.2, 0.25) is 0 Å². The zero-order valence-electron chi connectivity index (χ0n) is 13.9. The highest BCUT2D eigenvalue weighted by Gasteiger charge is 2.25. The molecular weight excluding hydrogens is 428 g/mol. The number of allylic oxidation sites excluding steroid dienone is 1. The Kier molecular flexibility index (Phi) is 6.81. The lowest BCUT2D eigenvalue weighted by Crippen LogP contribution is -3.00. The largest absolute Gasteiger partial charge is 1.00 e. The number of nitrogens with zero attached hydrogens (tertiary/aromatic N) is 2. The molecule has 126 valence electrons. The van der Waals surface area contributed by atoms with Crippen molar-refractivity contribution in [2.75, 3.05) is 0 Å². The minimum absolute atomic E-state index is 0. The van der Waals surface area contributed by atoms with Crippen molar-refractivity contribution in [1.82, 2.24) is 4.57 Å². The first-order valence-corrected chi connectivity index (χ1v) is 8.93. The molecule has 0 spiro atoms. The standard InChI is InChI=1S/C20H22BrN2.BrH/c1-3-5-15-23-19-9-7-6-8-18(19)22(14-4-2)20(23)16-10-12-17(21)13-11-16;/h4,6-13H,2-3,5,14-15H2,1H3;1H/q+1;/p-1. The van der Waals surface area contributed by atoms with Gasteiger partial charge in [-0.2, -0.15) is 0 Å². The number of imidazole rings is 1. The molecule has 4 heteroatoms. The third-order valence-electron chi connectivity index (χ3n) is 4.12. The number of rotatable bonds is 6. The Morgan fingerprint density at radius 2 is 1.83 bits per heavy atom. The molecule has 0 bridgehead atoms. The highest BCUT2D eigenvalue weighted by molar-refractivity contribution is 9.10. The van der Waals surface area contributed by atoms with Crippen LogP contribution in [-0.4, -0.2) is 4.57 Å². The van der Waals surface area contributed by atoms with Crippen LogP contribution in [0.15, 0.2) is 65.7 Å². The molecule has 3 aromatic rings. The number of para-hydroxylation sites is 2. The summed E-state index contributed by atoms with van der Waals surface area (Å²) in [5.74, 6) is 1.26. The number of hydrogen-bond donors (Lipinski definition) is 0. The Bertz CT molecular complexity index is 820.